The van der Waals surface area contributed by atoms with E-state index in [9.17, 15) is 0 Å². The molecular weight excluding hydrogens is 136 g/mol. The van der Waals surface area contributed by atoms with Crippen molar-refractivity contribution in [2.24, 2.45) is 0 Å². The third-order valence-corrected chi connectivity index (χ3v) is 1.33. The lowest BCUT2D eigenvalue weighted by Gasteiger charge is -1.97. The maximum atomic E-state index is 5.34. The molecule has 0 spiro atoms. The van der Waals surface area contributed by atoms with Crippen molar-refractivity contribution in [3.8, 4) is 0 Å². The highest BCUT2D eigenvalue weighted by molar-refractivity contribution is 4.77. The molecule has 0 fully saturated rings. The first kappa shape index (κ1) is 10.4. The minimum absolute atomic E-state index is 0.849. The Balaban J connectivity index is 2.90. The van der Waals surface area contributed by atoms with Gasteiger partial charge >= 0.3 is 0 Å². The van der Waals surface area contributed by atoms with Gasteiger partial charge in [-0.15, -0.1) is 0 Å². The lowest BCUT2D eigenvalue weighted by Crippen LogP contribution is -1.93. The van der Waals surface area contributed by atoms with Crippen molar-refractivity contribution >= 4 is 0 Å². The van der Waals surface area contributed by atoms with Gasteiger partial charge < -0.3 is 4.74 Å². The third kappa shape index (κ3) is 9.44. The Morgan fingerprint density at radius 3 is 1.73 bits per heavy atom. The van der Waals surface area contributed by atoms with Gasteiger partial charge in [0.25, 0.3) is 0 Å². The van der Waals surface area contributed by atoms with Crippen LogP contribution in [-0.4, -0.2) is 13.2 Å². The molecule has 0 N–H and O–H groups in total. The standard InChI is InChI=1S/C10H18O/c1-3-5-7-9-11-10-8-6-4-2/h3-6H,7-10H2,1-2H3/b5-3+,6-4+. The zero-order chi connectivity index (χ0) is 8.36. The number of hydrogen-bond donors (Lipinski definition) is 0. The first-order chi connectivity index (χ1) is 5.41. The summed E-state index contributed by atoms with van der Waals surface area (Å²) < 4.78 is 5.34. The Labute approximate surface area is 69.8 Å². The van der Waals surface area contributed by atoms with Crippen LogP contribution in [0.1, 0.15) is 26.7 Å². The number of rotatable bonds is 6. The van der Waals surface area contributed by atoms with Crippen molar-refractivity contribution in [2.45, 2.75) is 26.7 Å². The van der Waals surface area contributed by atoms with Crippen LogP contribution >= 0.6 is 0 Å². The fourth-order valence-corrected chi connectivity index (χ4v) is 0.738. The molecule has 0 heterocycles. The second-order valence-electron chi connectivity index (χ2n) is 2.33. The van der Waals surface area contributed by atoms with Gasteiger partial charge in [0.05, 0.1) is 13.2 Å². The zero-order valence-corrected chi connectivity index (χ0v) is 7.55. The minimum Gasteiger partial charge on any atom is -0.381 e. The van der Waals surface area contributed by atoms with Crippen molar-refractivity contribution < 1.29 is 4.74 Å². The summed E-state index contributed by atoms with van der Waals surface area (Å²) >= 11 is 0. The monoisotopic (exact) mass is 154 g/mol. The van der Waals surface area contributed by atoms with Crippen molar-refractivity contribution in [1.29, 1.82) is 0 Å². The molecule has 0 saturated carbocycles. The summed E-state index contributed by atoms with van der Waals surface area (Å²) in [4.78, 5) is 0. The van der Waals surface area contributed by atoms with Crippen molar-refractivity contribution in [3.05, 3.63) is 24.3 Å². The number of ether oxygens (including phenoxy) is 1. The van der Waals surface area contributed by atoms with E-state index in [1.165, 1.54) is 0 Å². The topological polar surface area (TPSA) is 9.23 Å². The van der Waals surface area contributed by atoms with Gasteiger partial charge in [-0.25, -0.2) is 0 Å². The summed E-state index contributed by atoms with van der Waals surface area (Å²) in [6, 6.07) is 0. The molecule has 1 nitrogen and oxygen atoms in total. The molecule has 0 amide bonds. The molecule has 0 atom stereocenters. The molecule has 64 valence electrons. The van der Waals surface area contributed by atoms with Crippen LogP contribution in [0.2, 0.25) is 0 Å². The Hall–Kier alpha value is -0.560. The van der Waals surface area contributed by atoms with Gasteiger partial charge in [-0.05, 0) is 26.7 Å². The van der Waals surface area contributed by atoms with Crippen LogP contribution in [0.5, 0.6) is 0 Å². The summed E-state index contributed by atoms with van der Waals surface area (Å²) in [5, 5.41) is 0. The molecule has 0 aliphatic rings. The smallest absolute Gasteiger partial charge is 0.0500 e. The molecule has 0 bridgehead atoms. The molecule has 0 radical (unpaired) electrons. The van der Waals surface area contributed by atoms with E-state index in [4.69, 9.17) is 4.74 Å². The van der Waals surface area contributed by atoms with Crippen LogP contribution in [0.3, 0.4) is 0 Å². The summed E-state index contributed by atoms with van der Waals surface area (Å²) in [5.74, 6) is 0. The van der Waals surface area contributed by atoms with Crippen LogP contribution < -0.4 is 0 Å². The van der Waals surface area contributed by atoms with E-state index in [2.05, 4.69) is 24.3 Å². The number of hydrogen-bond acceptors (Lipinski definition) is 1. The van der Waals surface area contributed by atoms with Crippen molar-refractivity contribution in [3.63, 3.8) is 0 Å². The van der Waals surface area contributed by atoms with Crippen LogP contribution in [0.25, 0.3) is 0 Å². The Morgan fingerprint density at radius 1 is 0.909 bits per heavy atom. The van der Waals surface area contributed by atoms with E-state index in [0.29, 0.717) is 0 Å². The first-order valence-corrected chi connectivity index (χ1v) is 4.22. The van der Waals surface area contributed by atoms with E-state index < -0.39 is 0 Å². The lowest BCUT2D eigenvalue weighted by atomic mass is 10.4. The normalized spacial score (nSPS) is 11.8. The second-order valence-corrected chi connectivity index (χ2v) is 2.33. The summed E-state index contributed by atoms with van der Waals surface area (Å²) in [6.45, 7) is 5.75. The Kier molecular flexibility index (Phi) is 8.96. The van der Waals surface area contributed by atoms with Gasteiger partial charge in [0, 0.05) is 0 Å². The van der Waals surface area contributed by atoms with Gasteiger partial charge in [-0.1, -0.05) is 24.3 Å². The summed E-state index contributed by atoms with van der Waals surface area (Å²) in [5.41, 5.74) is 0. The molecule has 1 heteroatoms. The molecule has 0 aromatic heterocycles. The van der Waals surface area contributed by atoms with Crippen molar-refractivity contribution in [2.75, 3.05) is 13.2 Å². The molecular formula is C10H18O. The third-order valence-electron chi connectivity index (χ3n) is 1.33. The predicted molar refractivity (Wildman–Crippen MR) is 49.7 cm³/mol. The maximum Gasteiger partial charge on any atom is 0.0500 e. The largest absolute Gasteiger partial charge is 0.381 e. The van der Waals surface area contributed by atoms with E-state index in [1.54, 1.807) is 0 Å². The molecule has 0 unspecified atom stereocenters. The van der Waals surface area contributed by atoms with E-state index >= 15 is 0 Å². The van der Waals surface area contributed by atoms with Crippen LogP contribution in [0, 0.1) is 0 Å². The molecule has 0 rings (SSSR count). The fourth-order valence-electron chi connectivity index (χ4n) is 0.738. The van der Waals surface area contributed by atoms with Gasteiger partial charge in [0.15, 0.2) is 0 Å². The number of allylic oxidation sites excluding steroid dienone is 2. The highest BCUT2D eigenvalue weighted by Crippen LogP contribution is 1.88. The Bertz CT molecular complexity index is 100. The molecule has 11 heavy (non-hydrogen) atoms. The first-order valence-electron chi connectivity index (χ1n) is 4.22. The van der Waals surface area contributed by atoms with E-state index in [-0.39, 0.29) is 0 Å². The highest BCUT2D eigenvalue weighted by Gasteiger charge is 1.82. The summed E-state index contributed by atoms with van der Waals surface area (Å²) in [6.07, 6.45) is 10.4. The van der Waals surface area contributed by atoms with Gasteiger partial charge in [-0.2, -0.15) is 0 Å². The quantitative estimate of drug-likeness (QED) is 0.422. The highest BCUT2D eigenvalue weighted by atomic mass is 16.5. The second kappa shape index (κ2) is 9.44. The van der Waals surface area contributed by atoms with E-state index in [1.807, 2.05) is 13.8 Å². The van der Waals surface area contributed by atoms with Crippen LogP contribution in [-0.2, 0) is 4.74 Å². The predicted octanol–water partition coefficient (Wildman–Crippen LogP) is 2.94. The lowest BCUT2D eigenvalue weighted by molar-refractivity contribution is 0.143. The van der Waals surface area contributed by atoms with Gasteiger partial charge in [0.2, 0.25) is 0 Å². The molecule has 0 aromatic rings. The molecule has 0 aliphatic carbocycles. The van der Waals surface area contributed by atoms with Gasteiger partial charge in [0.1, 0.15) is 0 Å². The van der Waals surface area contributed by atoms with Crippen LogP contribution in [0.15, 0.2) is 24.3 Å². The molecule has 0 saturated heterocycles. The van der Waals surface area contributed by atoms with Crippen LogP contribution in [0.4, 0.5) is 0 Å². The van der Waals surface area contributed by atoms with Gasteiger partial charge in [-0.3, -0.25) is 0 Å². The Morgan fingerprint density at radius 2 is 1.36 bits per heavy atom. The minimum atomic E-state index is 0.849. The van der Waals surface area contributed by atoms with Crippen molar-refractivity contribution in [1.82, 2.24) is 0 Å². The van der Waals surface area contributed by atoms with E-state index in [0.717, 1.165) is 26.1 Å². The SMILES string of the molecule is C/C=C/CCOCC/C=C/C. The maximum absolute atomic E-state index is 5.34. The average molecular weight is 154 g/mol. The summed E-state index contributed by atoms with van der Waals surface area (Å²) in [7, 11) is 0. The average Bonchev–Trinajstić information content (AvgIpc) is 2.03. The molecule has 0 aliphatic heterocycles. The fraction of sp³-hybridized carbons (Fsp3) is 0.600. The molecule has 0 aromatic carbocycles. The zero-order valence-electron chi connectivity index (χ0n) is 7.55.